The Morgan fingerprint density at radius 1 is 1.33 bits per heavy atom. The zero-order valence-corrected chi connectivity index (χ0v) is 13.1. The molecule has 0 aromatic carbocycles. The van der Waals surface area contributed by atoms with E-state index in [0.717, 1.165) is 25.8 Å². The number of nitrogens with two attached hydrogens (primary N) is 1. The van der Waals surface area contributed by atoms with E-state index in [4.69, 9.17) is 5.73 Å². The van der Waals surface area contributed by atoms with E-state index >= 15 is 0 Å². The average Bonchev–Trinajstić information content (AvgIpc) is 2.47. The molecule has 2 aliphatic heterocycles. The number of fused-ring (bicyclic) bond motifs is 1. The molecule has 2 saturated heterocycles. The van der Waals surface area contributed by atoms with Crippen molar-refractivity contribution in [2.24, 2.45) is 5.92 Å². The van der Waals surface area contributed by atoms with Crippen molar-refractivity contribution in [3.8, 4) is 0 Å². The van der Waals surface area contributed by atoms with Crippen molar-refractivity contribution in [2.45, 2.75) is 30.2 Å². The number of rotatable bonds is 2. The number of likely N-dealkylation sites (tertiary alicyclic amines) is 1. The summed E-state index contributed by atoms with van der Waals surface area (Å²) in [6.45, 7) is 2.26. The molecular formula is C14H22N4O2S. The minimum atomic E-state index is -3.53. The predicted octanol–water partition coefficient (Wildman–Crippen LogP) is 0.769. The molecule has 2 aliphatic rings. The summed E-state index contributed by atoms with van der Waals surface area (Å²) in [5.41, 5.74) is 5.74. The van der Waals surface area contributed by atoms with Gasteiger partial charge in [-0.25, -0.2) is 13.4 Å². The van der Waals surface area contributed by atoms with Crippen molar-refractivity contribution in [1.29, 1.82) is 0 Å². The third-order valence-electron chi connectivity index (χ3n) is 4.73. The number of aromatic nitrogens is 1. The van der Waals surface area contributed by atoms with Gasteiger partial charge in [-0.3, -0.25) is 0 Å². The molecule has 0 radical (unpaired) electrons. The van der Waals surface area contributed by atoms with Crippen molar-refractivity contribution in [1.82, 2.24) is 14.2 Å². The molecule has 6 nitrogen and oxygen atoms in total. The Morgan fingerprint density at radius 2 is 2.14 bits per heavy atom. The normalized spacial score (nSPS) is 28.2. The van der Waals surface area contributed by atoms with Crippen LogP contribution in [0.3, 0.4) is 0 Å². The lowest BCUT2D eigenvalue weighted by Crippen LogP contribution is -2.53. The SMILES string of the molecule is CN1CCCC2CN(S(=O)(=O)c3cccnc3N)CCC21. The second-order valence-corrected chi connectivity index (χ2v) is 7.90. The minimum absolute atomic E-state index is 0.0837. The molecule has 0 saturated carbocycles. The van der Waals surface area contributed by atoms with Crippen molar-refractivity contribution in [2.75, 3.05) is 32.4 Å². The molecule has 7 heteroatoms. The molecule has 3 heterocycles. The molecule has 3 rings (SSSR count). The highest BCUT2D eigenvalue weighted by molar-refractivity contribution is 7.89. The summed E-state index contributed by atoms with van der Waals surface area (Å²) in [6.07, 6.45) is 4.64. The van der Waals surface area contributed by atoms with Crippen LogP contribution in [-0.2, 0) is 10.0 Å². The molecule has 1 aromatic rings. The molecule has 116 valence electrons. The summed E-state index contributed by atoms with van der Waals surface area (Å²) >= 11 is 0. The highest BCUT2D eigenvalue weighted by atomic mass is 32.2. The molecule has 0 bridgehead atoms. The van der Waals surface area contributed by atoms with E-state index in [9.17, 15) is 8.42 Å². The standard InChI is InChI=1S/C14H22N4O2S/c1-17-8-3-4-11-10-18(9-6-12(11)17)21(19,20)13-5-2-7-16-14(13)15/h2,5,7,11-12H,3-4,6,8-10H2,1H3,(H2,15,16). The zero-order chi connectivity index (χ0) is 15.0. The second-order valence-electron chi connectivity index (χ2n) is 5.99. The topological polar surface area (TPSA) is 79.5 Å². The third-order valence-corrected chi connectivity index (χ3v) is 6.64. The molecule has 1 aromatic heterocycles. The van der Waals surface area contributed by atoms with Gasteiger partial charge < -0.3 is 10.6 Å². The highest BCUT2D eigenvalue weighted by Gasteiger charge is 2.39. The number of sulfonamides is 1. The average molecular weight is 310 g/mol. The van der Waals surface area contributed by atoms with E-state index in [1.165, 1.54) is 12.3 Å². The summed E-state index contributed by atoms with van der Waals surface area (Å²) in [5.74, 6) is 0.505. The molecule has 2 N–H and O–H groups in total. The van der Waals surface area contributed by atoms with E-state index in [0.29, 0.717) is 25.0 Å². The Labute approximate surface area is 126 Å². The van der Waals surface area contributed by atoms with E-state index < -0.39 is 10.0 Å². The van der Waals surface area contributed by atoms with Gasteiger partial charge in [0.25, 0.3) is 0 Å². The van der Waals surface area contributed by atoms with Gasteiger partial charge in [0.05, 0.1) is 0 Å². The fourth-order valence-corrected chi connectivity index (χ4v) is 5.18. The first-order chi connectivity index (χ1) is 10.00. The van der Waals surface area contributed by atoms with Crippen LogP contribution in [0.15, 0.2) is 23.2 Å². The van der Waals surface area contributed by atoms with Crippen molar-refractivity contribution >= 4 is 15.8 Å². The maximum Gasteiger partial charge on any atom is 0.246 e. The quantitative estimate of drug-likeness (QED) is 0.873. The molecule has 21 heavy (non-hydrogen) atoms. The highest BCUT2D eigenvalue weighted by Crippen LogP contribution is 2.32. The van der Waals surface area contributed by atoms with Crippen LogP contribution < -0.4 is 5.73 Å². The number of hydrogen-bond acceptors (Lipinski definition) is 5. The fourth-order valence-electron chi connectivity index (χ4n) is 3.60. The fraction of sp³-hybridized carbons (Fsp3) is 0.643. The number of nitrogen functional groups attached to an aromatic ring is 1. The van der Waals surface area contributed by atoms with Gasteiger partial charge in [0, 0.05) is 25.3 Å². The monoisotopic (exact) mass is 310 g/mol. The Bertz CT molecular complexity index is 619. The van der Waals surface area contributed by atoms with Crippen LogP contribution in [-0.4, -0.2) is 55.3 Å². The second kappa shape index (κ2) is 5.55. The van der Waals surface area contributed by atoms with E-state index in [-0.39, 0.29) is 10.7 Å². The van der Waals surface area contributed by atoms with E-state index in [1.807, 2.05) is 0 Å². The Morgan fingerprint density at radius 3 is 2.90 bits per heavy atom. The summed E-state index contributed by atoms with van der Waals surface area (Å²) in [4.78, 5) is 6.40. The maximum absolute atomic E-state index is 12.8. The molecule has 0 spiro atoms. The summed E-state index contributed by atoms with van der Waals surface area (Å²) in [7, 11) is -1.39. The van der Waals surface area contributed by atoms with Gasteiger partial charge >= 0.3 is 0 Å². The van der Waals surface area contributed by atoms with Gasteiger partial charge in [0.15, 0.2) is 0 Å². The number of nitrogens with zero attached hydrogens (tertiary/aromatic N) is 3. The third kappa shape index (κ3) is 2.65. The van der Waals surface area contributed by atoms with Crippen LogP contribution in [0.1, 0.15) is 19.3 Å². The predicted molar refractivity (Wildman–Crippen MR) is 81.2 cm³/mol. The molecule has 2 unspecified atom stereocenters. The number of hydrogen-bond donors (Lipinski definition) is 1. The first-order valence-corrected chi connectivity index (χ1v) is 8.85. The lowest BCUT2D eigenvalue weighted by atomic mass is 9.85. The van der Waals surface area contributed by atoms with Crippen LogP contribution in [0, 0.1) is 5.92 Å². The largest absolute Gasteiger partial charge is 0.383 e. The first-order valence-electron chi connectivity index (χ1n) is 7.41. The minimum Gasteiger partial charge on any atom is -0.383 e. The van der Waals surface area contributed by atoms with Crippen LogP contribution in [0.2, 0.25) is 0 Å². The Hall–Kier alpha value is -1.18. The smallest absolute Gasteiger partial charge is 0.246 e. The lowest BCUT2D eigenvalue weighted by molar-refractivity contribution is 0.0671. The van der Waals surface area contributed by atoms with Gasteiger partial charge in [0.2, 0.25) is 10.0 Å². The van der Waals surface area contributed by atoms with Crippen LogP contribution >= 0.6 is 0 Å². The van der Waals surface area contributed by atoms with E-state index in [1.54, 1.807) is 10.4 Å². The molecule has 2 fully saturated rings. The van der Waals surface area contributed by atoms with Gasteiger partial charge in [0.1, 0.15) is 10.7 Å². The lowest BCUT2D eigenvalue weighted by Gasteiger charge is -2.45. The van der Waals surface area contributed by atoms with Crippen LogP contribution in [0.4, 0.5) is 5.82 Å². The number of pyridine rings is 1. The molecule has 2 atom stereocenters. The van der Waals surface area contributed by atoms with Gasteiger partial charge in [-0.15, -0.1) is 0 Å². The van der Waals surface area contributed by atoms with Gasteiger partial charge in [-0.1, -0.05) is 0 Å². The molecule has 0 amide bonds. The zero-order valence-electron chi connectivity index (χ0n) is 12.3. The summed E-state index contributed by atoms with van der Waals surface area (Å²) in [6, 6.07) is 3.66. The van der Waals surface area contributed by atoms with Gasteiger partial charge in [-0.05, 0) is 50.9 Å². The van der Waals surface area contributed by atoms with Crippen LogP contribution in [0.25, 0.3) is 0 Å². The van der Waals surface area contributed by atoms with Crippen molar-refractivity contribution < 1.29 is 8.42 Å². The maximum atomic E-state index is 12.8. The Balaban J connectivity index is 1.83. The number of anilines is 1. The number of piperidine rings is 2. The first kappa shape index (κ1) is 14.7. The van der Waals surface area contributed by atoms with Crippen LogP contribution in [0.5, 0.6) is 0 Å². The van der Waals surface area contributed by atoms with Gasteiger partial charge in [-0.2, -0.15) is 4.31 Å². The Kier molecular flexibility index (Phi) is 3.90. The summed E-state index contributed by atoms with van der Waals surface area (Å²) in [5, 5.41) is 0. The summed E-state index contributed by atoms with van der Waals surface area (Å²) < 4.78 is 27.1. The molecular weight excluding hydrogens is 288 g/mol. The van der Waals surface area contributed by atoms with E-state index in [2.05, 4.69) is 16.9 Å². The molecule has 0 aliphatic carbocycles. The van der Waals surface area contributed by atoms with Crippen molar-refractivity contribution in [3.05, 3.63) is 18.3 Å². The van der Waals surface area contributed by atoms with Crippen molar-refractivity contribution in [3.63, 3.8) is 0 Å².